The molecule has 1 amide bonds. The van der Waals surface area contributed by atoms with Crippen LogP contribution in [-0.2, 0) is 6.42 Å². The third-order valence-corrected chi connectivity index (χ3v) is 4.74. The van der Waals surface area contributed by atoms with E-state index in [1.807, 2.05) is 11.8 Å². The number of Topliss-reactive ketones (excluding diaryl/α,β-unsaturated/α-hetero) is 1. The predicted octanol–water partition coefficient (Wildman–Crippen LogP) is 2.85. The highest BCUT2D eigenvalue weighted by Crippen LogP contribution is 2.24. The number of halogens is 1. The molecule has 1 saturated heterocycles. The highest BCUT2D eigenvalue weighted by molar-refractivity contribution is 5.96. The van der Waals surface area contributed by atoms with Gasteiger partial charge < -0.3 is 14.3 Å². The number of nitrogens with zero attached hydrogens (tertiary/aromatic N) is 3. The van der Waals surface area contributed by atoms with E-state index in [-0.39, 0.29) is 11.7 Å². The summed E-state index contributed by atoms with van der Waals surface area (Å²) >= 11 is 0. The maximum Gasteiger partial charge on any atom is 0.259 e. The van der Waals surface area contributed by atoms with Gasteiger partial charge in [-0.1, -0.05) is 12.1 Å². The number of aryl methyl sites for hydroxylation is 2. The Morgan fingerprint density at radius 1 is 1.23 bits per heavy atom. The van der Waals surface area contributed by atoms with Crippen molar-refractivity contribution in [2.24, 2.45) is 0 Å². The molecule has 0 N–H and O–H groups in total. The number of amides is 1. The number of carbonyl (C=O) groups is 2. The van der Waals surface area contributed by atoms with Crippen LogP contribution in [0, 0.1) is 12.7 Å². The standard InChI is InChI=1S/C19H22FN3O3/c1-4-16-18(13(3)26-21-16)19(25)23-9-7-22(8-10-23)17-6-5-14(12(2)24)11-15(17)20/h5-6,11H,4,7-10H2,1-3H3. The Morgan fingerprint density at radius 2 is 1.92 bits per heavy atom. The number of anilines is 1. The number of rotatable bonds is 4. The van der Waals surface area contributed by atoms with E-state index >= 15 is 0 Å². The molecule has 26 heavy (non-hydrogen) atoms. The molecule has 7 heteroatoms. The van der Waals surface area contributed by atoms with Crippen molar-refractivity contribution in [2.75, 3.05) is 31.1 Å². The summed E-state index contributed by atoms with van der Waals surface area (Å²) in [4.78, 5) is 27.8. The molecular weight excluding hydrogens is 337 g/mol. The zero-order valence-corrected chi connectivity index (χ0v) is 15.2. The normalized spacial score (nSPS) is 14.6. The summed E-state index contributed by atoms with van der Waals surface area (Å²) < 4.78 is 19.5. The van der Waals surface area contributed by atoms with E-state index in [1.54, 1.807) is 24.0 Å². The molecule has 1 aliphatic rings. The van der Waals surface area contributed by atoms with Gasteiger partial charge in [-0.05, 0) is 38.5 Å². The smallest absolute Gasteiger partial charge is 0.259 e. The molecule has 0 saturated carbocycles. The third kappa shape index (κ3) is 3.34. The molecule has 0 unspecified atom stereocenters. The molecule has 2 heterocycles. The van der Waals surface area contributed by atoms with Crippen LogP contribution in [-0.4, -0.2) is 47.9 Å². The number of hydrogen-bond donors (Lipinski definition) is 0. The van der Waals surface area contributed by atoms with E-state index in [1.165, 1.54) is 13.0 Å². The first-order chi connectivity index (χ1) is 12.4. The molecule has 2 aromatic rings. The van der Waals surface area contributed by atoms with Crippen LogP contribution in [0.5, 0.6) is 0 Å². The van der Waals surface area contributed by atoms with Crippen LogP contribution in [0.1, 0.15) is 46.0 Å². The Morgan fingerprint density at radius 3 is 2.50 bits per heavy atom. The minimum Gasteiger partial charge on any atom is -0.366 e. The second-order valence-corrected chi connectivity index (χ2v) is 6.42. The molecule has 3 rings (SSSR count). The van der Waals surface area contributed by atoms with Crippen LogP contribution >= 0.6 is 0 Å². The Labute approximate surface area is 151 Å². The topological polar surface area (TPSA) is 66.7 Å². The van der Waals surface area contributed by atoms with Crippen LogP contribution in [0.4, 0.5) is 10.1 Å². The number of carbonyl (C=O) groups excluding carboxylic acids is 2. The van der Waals surface area contributed by atoms with E-state index in [0.717, 1.165) is 0 Å². The molecule has 138 valence electrons. The molecule has 0 bridgehead atoms. The average Bonchev–Trinajstić information content (AvgIpc) is 3.01. The first-order valence-corrected chi connectivity index (χ1v) is 8.72. The van der Waals surface area contributed by atoms with Gasteiger partial charge in [0, 0.05) is 31.7 Å². The lowest BCUT2D eigenvalue weighted by Crippen LogP contribution is -2.49. The van der Waals surface area contributed by atoms with Gasteiger partial charge >= 0.3 is 0 Å². The quantitative estimate of drug-likeness (QED) is 0.786. The summed E-state index contributed by atoms with van der Waals surface area (Å²) in [6, 6.07) is 4.53. The van der Waals surface area contributed by atoms with Crippen molar-refractivity contribution < 1.29 is 18.5 Å². The summed E-state index contributed by atoms with van der Waals surface area (Å²) in [5, 5.41) is 3.94. The maximum absolute atomic E-state index is 14.3. The van der Waals surface area contributed by atoms with E-state index in [4.69, 9.17) is 4.52 Å². The SMILES string of the molecule is CCc1noc(C)c1C(=O)N1CCN(c2ccc(C(C)=O)cc2F)CC1. The Balaban J connectivity index is 1.70. The number of aromatic nitrogens is 1. The van der Waals surface area contributed by atoms with Gasteiger partial charge in [0.15, 0.2) is 5.78 Å². The van der Waals surface area contributed by atoms with Gasteiger partial charge in [0.25, 0.3) is 5.91 Å². The molecule has 0 atom stereocenters. The van der Waals surface area contributed by atoms with Crippen LogP contribution in [0.3, 0.4) is 0 Å². The fourth-order valence-electron chi connectivity index (χ4n) is 3.22. The van der Waals surface area contributed by atoms with Crippen molar-refractivity contribution in [3.05, 3.63) is 46.6 Å². The highest BCUT2D eigenvalue weighted by atomic mass is 19.1. The monoisotopic (exact) mass is 359 g/mol. The van der Waals surface area contributed by atoms with Crippen molar-refractivity contribution in [2.45, 2.75) is 27.2 Å². The van der Waals surface area contributed by atoms with E-state index in [9.17, 15) is 14.0 Å². The lowest BCUT2D eigenvalue weighted by Gasteiger charge is -2.36. The molecule has 1 fully saturated rings. The molecule has 1 aliphatic heterocycles. The van der Waals surface area contributed by atoms with Crippen LogP contribution < -0.4 is 4.90 Å². The van der Waals surface area contributed by atoms with Crippen molar-refractivity contribution in [3.8, 4) is 0 Å². The van der Waals surface area contributed by atoms with E-state index in [0.29, 0.717) is 60.9 Å². The average molecular weight is 359 g/mol. The lowest BCUT2D eigenvalue weighted by atomic mass is 10.1. The number of piperazine rings is 1. The summed E-state index contributed by atoms with van der Waals surface area (Å²) in [6.45, 7) is 7.10. The molecule has 0 radical (unpaired) electrons. The van der Waals surface area contributed by atoms with Gasteiger partial charge in [-0.3, -0.25) is 9.59 Å². The molecule has 0 aliphatic carbocycles. The second kappa shape index (κ2) is 7.27. The van der Waals surface area contributed by atoms with E-state index < -0.39 is 5.82 Å². The summed E-state index contributed by atoms with van der Waals surface area (Å²) in [5.41, 5.74) is 2.02. The number of benzene rings is 1. The minimum atomic E-state index is -0.416. The fraction of sp³-hybridized carbons (Fsp3) is 0.421. The van der Waals surface area contributed by atoms with Gasteiger partial charge in [-0.2, -0.15) is 0 Å². The summed E-state index contributed by atoms with van der Waals surface area (Å²) in [6.07, 6.45) is 0.631. The number of hydrogen-bond acceptors (Lipinski definition) is 5. The molecular formula is C19H22FN3O3. The maximum atomic E-state index is 14.3. The molecule has 6 nitrogen and oxygen atoms in total. The van der Waals surface area contributed by atoms with Gasteiger partial charge in [0.05, 0.1) is 11.4 Å². The fourth-order valence-corrected chi connectivity index (χ4v) is 3.22. The van der Waals surface area contributed by atoms with Crippen LogP contribution in [0.2, 0.25) is 0 Å². The zero-order chi connectivity index (χ0) is 18.8. The Kier molecular flexibility index (Phi) is 5.06. The zero-order valence-electron chi connectivity index (χ0n) is 15.2. The lowest BCUT2D eigenvalue weighted by molar-refractivity contribution is 0.0743. The van der Waals surface area contributed by atoms with Crippen molar-refractivity contribution in [1.82, 2.24) is 10.1 Å². The third-order valence-electron chi connectivity index (χ3n) is 4.74. The molecule has 0 spiro atoms. The van der Waals surface area contributed by atoms with Gasteiger partial charge in [-0.25, -0.2) is 4.39 Å². The van der Waals surface area contributed by atoms with Crippen LogP contribution in [0.25, 0.3) is 0 Å². The first kappa shape index (κ1) is 18.1. The van der Waals surface area contributed by atoms with Crippen LogP contribution in [0.15, 0.2) is 22.7 Å². The Hall–Kier alpha value is -2.70. The van der Waals surface area contributed by atoms with Gasteiger partial charge in [0.1, 0.15) is 17.1 Å². The van der Waals surface area contributed by atoms with E-state index in [2.05, 4.69) is 5.16 Å². The molecule has 1 aromatic heterocycles. The molecule has 1 aromatic carbocycles. The van der Waals surface area contributed by atoms with Crippen molar-refractivity contribution in [3.63, 3.8) is 0 Å². The summed E-state index contributed by atoms with van der Waals surface area (Å²) in [7, 11) is 0. The highest BCUT2D eigenvalue weighted by Gasteiger charge is 2.28. The number of ketones is 1. The second-order valence-electron chi connectivity index (χ2n) is 6.42. The summed E-state index contributed by atoms with van der Waals surface area (Å²) in [5.74, 6) is -0.143. The predicted molar refractivity (Wildman–Crippen MR) is 95.1 cm³/mol. The van der Waals surface area contributed by atoms with Crippen molar-refractivity contribution in [1.29, 1.82) is 0 Å². The Bertz CT molecular complexity index is 839. The minimum absolute atomic E-state index is 0.0901. The van der Waals surface area contributed by atoms with Gasteiger partial charge in [-0.15, -0.1) is 0 Å². The van der Waals surface area contributed by atoms with Crippen molar-refractivity contribution >= 4 is 17.4 Å². The first-order valence-electron chi connectivity index (χ1n) is 8.72. The van der Waals surface area contributed by atoms with Gasteiger partial charge in [0.2, 0.25) is 0 Å². The largest absolute Gasteiger partial charge is 0.366 e.